The molecule has 0 aromatic heterocycles. The number of rotatable bonds is 5. The van der Waals surface area contributed by atoms with Crippen molar-refractivity contribution in [2.24, 2.45) is 5.41 Å². The summed E-state index contributed by atoms with van der Waals surface area (Å²) < 4.78 is 16.6. The maximum atomic E-state index is 12.8. The number of carbonyl (C=O) groups excluding carboxylic acids is 1. The maximum absolute atomic E-state index is 12.8. The highest BCUT2D eigenvalue weighted by Gasteiger charge is 2.51. The molecule has 2 aromatic carbocycles. The van der Waals surface area contributed by atoms with Crippen LogP contribution in [0.2, 0.25) is 0 Å². The van der Waals surface area contributed by atoms with Gasteiger partial charge in [-0.25, -0.2) is 0 Å². The third-order valence-corrected chi connectivity index (χ3v) is 7.01. The highest BCUT2D eigenvalue weighted by atomic mass is 16.5. The van der Waals surface area contributed by atoms with E-state index in [0.717, 1.165) is 0 Å². The third kappa shape index (κ3) is 4.31. The molecule has 2 heterocycles. The molecule has 1 amide bonds. The number of amides is 1. The van der Waals surface area contributed by atoms with Crippen molar-refractivity contribution in [1.29, 1.82) is 0 Å². The first kappa shape index (κ1) is 25.2. The highest BCUT2D eigenvalue weighted by molar-refractivity contribution is 6.00. The summed E-state index contributed by atoms with van der Waals surface area (Å²) in [6.45, 7) is 6.36. The van der Waals surface area contributed by atoms with Gasteiger partial charge < -0.3 is 34.8 Å². The molecule has 0 radical (unpaired) electrons. The number of ether oxygens (including phenoxy) is 3. The summed E-state index contributed by atoms with van der Waals surface area (Å²) in [5, 5.41) is 36.8. The van der Waals surface area contributed by atoms with E-state index in [1.54, 1.807) is 55.5 Å². The normalized spacial score (nSPS) is 30.1. The van der Waals surface area contributed by atoms with Crippen molar-refractivity contribution >= 4 is 17.7 Å². The minimum absolute atomic E-state index is 0.118. The monoisotopic (exact) mass is 483 g/mol. The topological polar surface area (TPSA) is 117 Å². The lowest BCUT2D eigenvalue weighted by molar-refractivity contribution is -0.157. The summed E-state index contributed by atoms with van der Waals surface area (Å²) in [6, 6.07) is 9.84. The fourth-order valence-corrected chi connectivity index (χ4v) is 4.82. The van der Waals surface area contributed by atoms with Crippen molar-refractivity contribution in [1.82, 2.24) is 0 Å². The molecule has 1 saturated heterocycles. The number of hydrogen-bond acceptors (Lipinski definition) is 7. The molecule has 4 atom stereocenters. The van der Waals surface area contributed by atoms with Gasteiger partial charge in [0.2, 0.25) is 0 Å². The molecule has 4 N–H and O–H groups in total. The number of anilines is 1. The number of methoxy groups -OCH3 is 2. The zero-order valence-electron chi connectivity index (χ0n) is 20.7. The second-order valence-corrected chi connectivity index (χ2v) is 10.2. The fourth-order valence-electron chi connectivity index (χ4n) is 4.82. The molecule has 0 saturated carbocycles. The second kappa shape index (κ2) is 8.95. The molecule has 4 unspecified atom stereocenters. The summed E-state index contributed by atoms with van der Waals surface area (Å²) in [5.74, 6) is -0.168. The Labute approximate surface area is 205 Å². The molecular formula is C27H33NO7. The molecule has 0 aliphatic carbocycles. The second-order valence-electron chi connectivity index (χ2n) is 10.2. The number of aliphatic hydroxyl groups is 2. The maximum Gasteiger partial charge on any atom is 0.257 e. The van der Waals surface area contributed by atoms with Gasteiger partial charge in [0, 0.05) is 12.7 Å². The molecule has 0 spiro atoms. The largest absolute Gasteiger partial charge is 0.507 e. The van der Waals surface area contributed by atoms with Crippen LogP contribution >= 0.6 is 0 Å². The number of fused-ring (bicyclic) bond motifs is 1. The Morgan fingerprint density at radius 1 is 1.11 bits per heavy atom. The van der Waals surface area contributed by atoms with Gasteiger partial charge in [0.15, 0.2) is 11.7 Å². The van der Waals surface area contributed by atoms with Crippen LogP contribution in [0.3, 0.4) is 0 Å². The number of phenols is 1. The SMILES string of the molecule is COc1ccc(C2(O)c3c(ccc(/C=C/C4(C)OCC(C)(C)CC4O)c3O)NC(=O)C2OC)cc1. The van der Waals surface area contributed by atoms with Crippen LogP contribution < -0.4 is 10.1 Å². The first-order chi connectivity index (χ1) is 16.4. The Bertz CT molecular complexity index is 1140. The summed E-state index contributed by atoms with van der Waals surface area (Å²) in [4.78, 5) is 12.8. The predicted octanol–water partition coefficient (Wildman–Crippen LogP) is 3.18. The highest BCUT2D eigenvalue weighted by Crippen LogP contribution is 2.48. The van der Waals surface area contributed by atoms with Crippen LogP contribution in [0, 0.1) is 5.41 Å². The quantitative estimate of drug-likeness (QED) is 0.516. The van der Waals surface area contributed by atoms with E-state index in [1.165, 1.54) is 14.2 Å². The number of aliphatic hydroxyl groups excluding tert-OH is 1. The van der Waals surface area contributed by atoms with Gasteiger partial charge in [0.05, 0.1) is 31.1 Å². The van der Waals surface area contributed by atoms with Crippen LogP contribution in [0.25, 0.3) is 6.08 Å². The number of aromatic hydroxyl groups is 1. The standard InChI is InChI=1S/C27H33NO7/c1-25(2)14-20(29)26(3,35-15-25)13-12-16-6-11-19-21(22(16)30)27(32,23(34-5)24(31)28-19)17-7-9-18(33-4)10-8-17/h6-13,20,23,29-30,32H,14-15H2,1-5H3,(H,28,31)/b13-12+. The Morgan fingerprint density at radius 3 is 2.40 bits per heavy atom. The molecule has 1 fully saturated rings. The van der Waals surface area contributed by atoms with Gasteiger partial charge in [0.25, 0.3) is 5.91 Å². The average Bonchev–Trinajstić information content (AvgIpc) is 2.81. The minimum atomic E-state index is -1.97. The van der Waals surface area contributed by atoms with E-state index >= 15 is 0 Å². The van der Waals surface area contributed by atoms with E-state index in [9.17, 15) is 20.1 Å². The van der Waals surface area contributed by atoms with Crippen molar-refractivity contribution in [3.05, 3.63) is 59.2 Å². The van der Waals surface area contributed by atoms with Crippen LogP contribution in [0.1, 0.15) is 43.9 Å². The lowest BCUT2D eigenvalue weighted by atomic mass is 9.76. The van der Waals surface area contributed by atoms with Crippen molar-refractivity contribution < 1.29 is 34.3 Å². The lowest BCUT2D eigenvalue weighted by Crippen LogP contribution is -2.52. The van der Waals surface area contributed by atoms with E-state index in [1.807, 2.05) is 13.8 Å². The smallest absolute Gasteiger partial charge is 0.257 e. The zero-order chi connectivity index (χ0) is 25.6. The summed E-state index contributed by atoms with van der Waals surface area (Å²) >= 11 is 0. The summed E-state index contributed by atoms with van der Waals surface area (Å²) in [7, 11) is 2.86. The van der Waals surface area contributed by atoms with Crippen molar-refractivity contribution in [3.63, 3.8) is 0 Å². The van der Waals surface area contributed by atoms with E-state index in [0.29, 0.717) is 29.9 Å². The van der Waals surface area contributed by atoms with Gasteiger partial charge in [-0.2, -0.15) is 0 Å². The molecule has 4 rings (SSSR count). The lowest BCUT2D eigenvalue weighted by Gasteiger charge is -2.43. The molecule has 2 aliphatic heterocycles. The first-order valence-electron chi connectivity index (χ1n) is 11.5. The van der Waals surface area contributed by atoms with E-state index in [2.05, 4.69) is 5.32 Å². The average molecular weight is 484 g/mol. The van der Waals surface area contributed by atoms with Gasteiger partial charge in [-0.15, -0.1) is 0 Å². The number of carbonyl (C=O) groups is 1. The van der Waals surface area contributed by atoms with E-state index in [-0.39, 0.29) is 22.4 Å². The molecule has 35 heavy (non-hydrogen) atoms. The van der Waals surface area contributed by atoms with Gasteiger partial charge >= 0.3 is 0 Å². The number of nitrogens with one attached hydrogen (secondary N) is 1. The van der Waals surface area contributed by atoms with Crippen LogP contribution in [-0.4, -0.2) is 59.9 Å². The molecule has 0 bridgehead atoms. The van der Waals surface area contributed by atoms with Crippen LogP contribution in [0.15, 0.2) is 42.5 Å². The van der Waals surface area contributed by atoms with Crippen molar-refractivity contribution in [2.45, 2.75) is 50.6 Å². The van der Waals surface area contributed by atoms with Crippen molar-refractivity contribution in [3.8, 4) is 11.5 Å². The minimum Gasteiger partial charge on any atom is -0.507 e. The van der Waals surface area contributed by atoms with E-state index < -0.39 is 29.3 Å². The number of benzene rings is 2. The van der Waals surface area contributed by atoms with Gasteiger partial charge in [-0.3, -0.25) is 4.79 Å². The molecule has 8 heteroatoms. The van der Waals surface area contributed by atoms with E-state index in [4.69, 9.17) is 14.2 Å². The number of hydrogen-bond donors (Lipinski definition) is 4. The third-order valence-electron chi connectivity index (χ3n) is 7.01. The molecule has 8 nitrogen and oxygen atoms in total. The Balaban J connectivity index is 1.80. The molecular weight excluding hydrogens is 450 g/mol. The summed E-state index contributed by atoms with van der Waals surface area (Å²) in [5.41, 5.74) is -1.90. The Kier molecular flexibility index (Phi) is 6.44. The van der Waals surface area contributed by atoms with Gasteiger partial charge in [-0.1, -0.05) is 32.1 Å². The number of phenolic OH excluding ortho intramolecular Hbond substituents is 1. The van der Waals surface area contributed by atoms with Gasteiger partial charge in [-0.05, 0) is 54.7 Å². The summed E-state index contributed by atoms with van der Waals surface area (Å²) in [6.07, 6.45) is 1.91. The van der Waals surface area contributed by atoms with Crippen LogP contribution in [0.4, 0.5) is 5.69 Å². The first-order valence-corrected chi connectivity index (χ1v) is 11.5. The molecule has 2 aliphatic rings. The Hall–Kier alpha value is -2.91. The van der Waals surface area contributed by atoms with Gasteiger partial charge in [0.1, 0.15) is 17.1 Å². The zero-order valence-corrected chi connectivity index (χ0v) is 20.7. The van der Waals surface area contributed by atoms with Crippen LogP contribution in [-0.2, 0) is 19.9 Å². The molecule has 2 aromatic rings. The van der Waals surface area contributed by atoms with Crippen LogP contribution in [0.5, 0.6) is 11.5 Å². The predicted molar refractivity (Wildman–Crippen MR) is 131 cm³/mol. The Morgan fingerprint density at radius 2 is 1.80 bits per heavy atom. The molecule has 188 valence electrons. The fraction of sp³-hybridized carbons (Fsp3) is 0.444. The van der Waals surface area contributed by atoms with Crippen molar-refractivity contribution in [2.75, 3.05) is 26.1 Å².